The van der Waals surface area contributed by atoms with E-state index in [1.165, 1.54) is 0 Å². The first-order valence-electron chi connectivity index (χ1n) is 6.83. The van der Waals surface area contributed by atoms with Crippen molar-refractivity contribution in [2.45, 2.75) is 13.3 Å². The largest absolute Gasteiger partial charge is 0.384 e. The zero-order chi connectivity index (χ0) is 15.1. The van der Waals surface area contributed by atoms with E-state index in [9.17, 15) is 4.79 Å². The van der Waals surface area contributed by atoms with Crippen LogP contribution in [0.4, 0.5) is 5.69 Å². The van der Waals surface area contributed by atoms with E-state index in [4.69, 9.17) is 5.11 Å². The molecule has 0 unspecified atom stereocenters. The lowest BCUT2D eigenvalue weighted by Gasteiger charge is -2.08. The molecule has 0 atom stereocenters. The number of aliphatic hydroxyl groups excluding tert-OH is 1. The van der Waals surface area contributed by atoms with Crippen molar-refractivity contribution in [3.63, 3.8) is 0 Å². The van der Waals surface area contributed by atoms with E-state index < -0.39 is 0 Å². The summed E-state index contributed by atoms with van der Waals surface area (Å²) in [6, 6.07) is 14.8. The fourth-order valence-corrected chi connectivity index (χ4v) is 2.03. The van der Waals surface area contributed by atoms with Crippen molar-refractivity contribution in [1.29, 1.82) is 0 Å². The molecule has 2 aromatic rings. The van der Waals surface area contributed by atoms with E-state index in [0.29, 0.717) is 5.56 Å². The fourth-order valence-electron chi connectivity index (χ4n) is 2.03. The van der Waals surface area contributed by atoms with Crippen molar-refractivity contribution in [2.24, 2.45) is 0 Å². The molecule has 0 heterocycles. The van der Waals surface area contributed by atoms with Crippen molar-refractivity contribution < 1.29 is 9.90 Å². The van der Waals surface area contributed by atoms with Crippen molar-refractivity contribution in [2.75, 3.05) is 11.9 Å². The standard InChI is InChI=1S/C18H17NO2/c1-2-15-7-3-4-8-17(15)18(21)19-16-11-9-14(10-12-16)6-5-13-20/h3-4,7-12,20H,2,13H2,1H3,(H,19,21). The van der Waals surface area contributed by atoms with Crippen LogP contribution < -0.4 is 5.32 Å². The second kappa shape index (κ2) is 7.28. The normalized spacial score (nSPS) is 9.62. The summed E-state index contributed by atoms with van der Waals surface area (Å²) in [5.74, 6) is 5.29. The van der Waals surface area contributed by atoms with Gasteiger partial charge in [0.05, 0.1) is 0 Å². The van der Waals surface area contributed by atoms with Crippen molar-refractivity contribution in [1.82, 2.24) is 0 Å². The first kappa shape index (κ1) is 14.8. The number of aliphatic hydroxyl groups is 1. The summed E-state index contributed by atoms with van der Waals surface area (Å²) in [4.78, 5) is 12.3. The number of hydrogen-bond acceptors (Lipinski definition) is 2. The Bertz CT molecular complexity index is 678. The summed E-state index contributed by atoms with van der Waals surface area (Å²) >= 11 is 0. The topological polar surface area (TPSA) is 49.3 Å². The van der Waals surface area contributed by atoms with E-state index in [0.717, 1.165) is 23.2 Å². The van der Waals surface area contributed by atoms with Crippen LogP contribution in [0.25, 0.3) is 0 Å². The van der Waals surface area contributed by atoms with Gasteiger partial charge in [0.1, 0.15) is 6.61 Å². The zero-order valence-electron chi connectivity index (χ0n) is 11.9. The number of rotatable bonds is 3. The number of anilines is 1. The van der Waals surface area contributed by atoms with Gasteiger partial charge in [0, 0.05) is 16.8 Å². The van der Waals surface area contributed by atoms with Crippen LogP contribution in [0.1, 0.15) is 28.4 Å². The fraction of sp³-hybridized carbons (Fsp3) is 0.167. The number of carbonyl (C=O) groups excluding carboxylic acids is 1. The Labute approximate surface area is 124 Å². The van der Waals surface area contributed by atoms with Gasteiger partial charge in [-0.15, -0.1) is 0 Å². The van der Waals surface area contributed by atoms with Gasteiger partial charge < -0.3 is 10.4 Å². The summed E-state index contributed by atoms with van der Waals surface area (Å²) in [6.45, 7) is 1.87. The molecule has 0 bridgehead atoms. The van der Waals surface area contributed by atoms with Gasteiger partial charge in [-0.25, -0.2) is 0 Å². The molecule has 1 amide bonds. The van der Waals surface area contributed by atoms with Crippen LogP contribution in [0.15, 0.2) is 48.5 Å². The summed E-state index contributed by atoms with van der Waals surface area (Å²) in [6.07, 6.45) is 0.819. The Morgan fingerprint density at radius 3 is 2.52 bits per heavy atom. The number of aryl methyl sites for hydroxylation is 1. The van der Waals surface area contributed by atoms with Crippen LogP contribution in [0, 0.1) is 11.8 Å². The summed E-state index contributed by atoms with van der Waals surface area (Å²) in [5, 5.41) is 11.5. The highest BCUT2D eigenvalue weighted by Gasteiger charge is 2.09. The van der Waals surface area contributed by atoms with Crippen LogP contribution in [-0.2, 0) is 6.42 Å². The Balaban J connectivity index is 2.12. The van der Waals surface area contributed by atoms with Crippen molar-refractivity contribution in [3.05, 3.63) is 65.2 Å². The van der Waals surface area contributed by atoms with Crippen LogP contribution in [0.5, 0.6) is 0 Å². The van der Waals surface area contributed by atoms with E-state index in [-0.39, 0.29) is 12.5 Å². The summed E-state index contributed by atoms with van der Waals surface area (Å²) in [7, 11) is 0. The molecule has 2 aromatic carbocycles. The predicted molar refractivity (Wildman–Crippen MR) is 84.2 cm³/mol. The van der Waals surface area contributed by atoms with E-state index >= 15 is 0 Å². The minimum atomic E-state index is -0.160. The molecule has 0 saturated carbocycles. The van der Waals surface area contributed by atoms with Crippen LogP contribution >= 0.6 is 0 Å². The first-order valence-corrected chi connectivity index (χ1v) is 6.83. The molecule has 0 spiro atoms. The first-order chi connectivity index (χ1) is 10.2. The molecule has 2 N–H and O–H groups in total. The van der Waals surface area contributed by atoms with E-state index in [2.05, 4.69) is 17.2 Å². The quantitative estimate of drug-likeness (QED) is 0.849. The Morgan fingerprint density at radius 1 is 1.14 bits per heavy atom. The average Bonchev–Trinajstić information content (AvgIpc) is 2.54. The minimum absolute atomic E-state index is 0.110. The number of nitrogens with one attached hydrogen (secondary N) is 1. The van der Waals surface area contributed by atoms with Crippen LogP contribution in [-0.4, -0.2) is 17.6 Å². The Kier molecular flexibility index (Phi) is 5.14. The molecule has 3 heteroatoms. The van der Waals surface area contributed by atoms with Crippen molar-refractivity contribution in [3.8, 4) is 11.8 Å². The number of amides is 1. The summed E-state index contributed by atoms with van der Waals surface area (Å²) < 4.78 is 0. The monoisotopic (exact) mass is 279 g/mol. The second-order valence-electron chi connectivity index (χ2n) is 4.50. The lowest BCUT2D eigenvalue weighted by molar-refractivity contribution is 0.102. The highest BCUT2D eigenvalue weighted by molar-refractivity contribution is 6.05. The lowest BCUT2D eigenvalue weighted by atomic mass is 10.0. The van der Waals surface area contributed by atoms with Gasteiger partial charge in [0.2, 0.25) is 0 Å². The highest BCUT2D eigenvalue weighted by atomic mass is 16.2. The molecule has 106 valence electrons. The van der Waals surface area contributed by atoms with Gasteiger partial charge in [-0.1, -0.05) is 37.0 Å². The third kappa shape index (κ3) is 3.95. The van der Waals surface area contributed by atoms with Gasteiger partial charge in [0.25, 0.3) is 5.91 Å². The van der Waals surface area contributed by atoms with Gasteiger partial charge in [-0.3, -0.25) is 4.79 Å². The Hall–Kier alpha value is -2.57. The molecule has 0 fully saturated rings. The molecule has 0 radical (unpaired) electrons. The molecule has 0 saturated heterocycles. The average molecular weight is 279 g/mol. The van der Waals surface area contributed by atoms with Crippen LogP contribution in [0.2, 0.25) is 0 Å². The molecular weight excluding hydrogens is 262 g/mol. The van der Waals surface area contributed by atoms with Crippen LogP contribution in [0.3, 0.4) is 0 Å². The maximum absolute atomic E-state index is 12.3. The number of carbonyl (C=O) groups is 1. The third-order valence-corrected chi connectivity index (χ3v) is 3.10. The molecule has 0 aliphatic carbocycles. The van der Waals surface area contributed by atoms with Gasteiger partial charge in [-0.05, 0) is 42.3 Å². The Morgan fingerprint density at radius 2 is 1.86 bits per heavy atom. The van der Waals surface area contributed by atoms with Gasteiger partial charge >= 0.3 is 0 Å². The van der Waals surface area contributed by atoms with E-state index in [1.807, 2.05) is 43.3 Å². The molecular formula is C18H17NO2. The molecule has 0 aliphatic rings. The summed E-state index contributed by atoms with van der Waals surface area (Å²) in [5.41, 5.74) is 3.25. The molecule has 0 aliphatic heterocycles. The number of hydrogen-bond donors (Lipinski definition) is 2. The highest BCUT2D eigenvalue weighted by Crippen LogP contribution is 2.14. The van der Waals surface area contributed by atoms with Gasteiger partial charge in [-0.2, -0.15) is 0 Å². The number of benzene rings is 2. The smallest absolute Gasteiger partial charge is 0.255 e. The molecule has 3 nitrogen and oxygen atoms in total. The SMILES string of the molecule is CCc1ccccc1C(=O)Nc1ccc(C#CCO)cc1. The minimum Gasteiger partial charge on any atom is -0.384 e. The van der Waals surface area contributed by atoms with Gasteiger partial charge in [0.15, 0.2) is 0 Å². The molecule has 2 rings (SSSR count). The van der Waals surface area contributed by atoms with Crippen molar-refractivity contribution >= 4 is 11.6 Å². The zero-order valence-corrected chi connectivity index (χ0v) is 11.9. The maximum atomic E-state index is 12.3. The predicted octanol–water partition coefficient (Wildman–Crippen LogP) is 2.85. The lowest BCUT2D eigenvalue weighted by Crippen LogP contribution is -2.13. The second-order valence-corrected chi connectivity index (χ2v) is 4.50. The molecule has 0 aromatic heterocycles. The maximum Gasteiger partial charge on any atom is 0.255 e. The third-order valence-electron chi connectivity index (χ3n) is 3.10. The molecule has 21 heavy (non-hydrogen) atoms. The van der Waals surface area contributed by atoms with E-state index in [1.54, 1.807) is 12.1 Å².